The predicted molar refractivity (Wildman–Crippen MR) is 218 cm³/mol. The third kappa shape index (κ3) is 10.0. The van der Waals surface area contributed by atoms with Crippen LogP contribution in [-0.4, -0.2) is 40.1 Å². The molecule has 0 saturated carbocycles. The maximum Gasteiger partial charge on any atom is 0.285 e. The Labute approximate surface area is 321 Å². The van der Waals surface area contributed by atoms with E-state index in [4.69, 9.17) is 9.47 Å². The number of amides is 3. The summed E-state index contributed by atoms with van der Waals surface area (Å²) in [4.78, 5) is 47.2. The van der Waals surface area contributed by atoms with Crippen molar-refractivity contribution < 1.29 is 23.9 Å². The number of carbonyl (C=O) groups is 3. The summed E-state index contributed by atoms with van der Waals surface area (Å²) in [5.41, 5.74) is 4.49. The molecule has 54 heavy (non-hydrogen) atoms. The van der Waals surface area contributed by atoms with Gasteiger partial charge in [-0.25, -0.2) is 0 Å². The Hall–Kier alpha value is -6.19. The molecule has 274 valence electrons. The fourth-order valence-electron chi connectivity index (χ4n) is 5.79. The largest absolute Gasteiger partial charge is 0.490 e. The van der Waals surface area contributed by atoms with Crippen LogP contribution in [0.3, 0.4) is 0 Å². The van der Waals surface area contributed by atoms with Crippen molar-refractivity contribution in [2.24, 2.45) is 4.99 Å². The van der Waals surface area contributed by atoms with Crippen LogP contribution in [0.4, 0.5) is 0 Å². The van der Waals surface area contributed by atoms with Gasteiger partial charge < -0.3 is 14.8 Å². The highest BCUT2D eigenvalue weighted by atomic mass is 32.2. The van der Waals surface area contributed by atoms with Gasteiger partial charge in [0.25, 0.3) is 11.8 Å². The number of amidine groups is 1. The molecular weight excluding hydrogens is 695 g/mol. The number of carbonyl (C=O) groups excluding carboxylic acids is 3. The number of nitrogens with one attached hydrogen (secondary N) is 1. The maximum atomic E-state index is 14.3. The molecule has 0 saturated heterocycles. The molecule has 1 N–H and O–H groups in total. The molecule has 4 aromatic carbocycles. The van der Waals surface area contributed by atoms with Gasteiger partial charge in [-0.1, -0.05) is 134 Å². The number of hydrogen-bond acceptors (Lipinski definition) is 6. The van der Waals surface area contributed by atoms with E-state index in [0.717, 1.165) is 34.0 Å². The zero-order valence-electron chi connectivity index (χ0n) is 30.4. The number of aliphatic imine (C=N–C) groups is 1. The van der Waals surface area contributed by atoms with Crippen molar-refractivity contribution in [2.45, 2.75) is 32.9 Å². The Kier molecular flexibility index (Phi) is 14.2. The molecule has 3 amide bonds. The van der Waals surface area contributed by atoms with Gasteiger partial charge >= 0.3 is 0 Å². The Bertz CT molecular complexity index is 2050. The van der Waals surface area contributed by atoms with Crippen LogP contribution in [0, 0.1) is 0 Å². The topological polar surface area (TPSA) is 97.3 Å². The number of nitrogens with zero attached hydrogens (tertiary/aromatic N) is 2. The van der Waals surface area contributed by atoms with Crippen molar-refractivity contribution in [1.29, 1.82) is 0 Å². The van der Waals surface area contributed by atoms with E-state index < -0.39 is 17.9 Å². The predicted octanol–water partition coefficient (Wildman–Crippen LogP) is 8.79. The lowest BCUT2D eigenvalue weighted by atomic mass is 9.99. The molecule has 0 aromatic heterocycles. The van der Waals surface area contributed by atoms with Crippen molar-refractivity contribution in [3.05, 3.63) is 186 Å². The van der Waals surface area contributed by atoms with Crippen LogP contribution in [0.1, 0.15) is 47.7 Å². The summed E-state index contributed by atoms with van der Waals surface area (Å²) < 4.78 is 12.3. The lowest BCUT2D eigenvalue weighted by molar-refractivity contribution is -0.126. The summed E-state index contributed by atoms with van der Waals surface area (Å²) in [6, 6.07) is 32.4. The standard InChI is InChI=1S/C45H43N3O5S/c1-5-9-26-37(7-3)48-44(51)38(28-33-27-36(19-6-2)42(39(29-33)52-8-4)53-30-32-20-13-10-14-21-32)43(50)47-45(48)54-31-40(49)46-41(34-22-15-11-16-23-34)35-24-17-12-18-25-35/h5-7,9-18,20-29,41H,1-2,8,19,30-31H2,3-4H3,(H,46,49)/b26-9-,37-7+,38-28+. The van der Waals surface area contributed by atoms with Crippen LogP contribution < -0.4 is 14.8 Å². The third-order valence-corrected chi connectivity index (χ3v) is 9.21. The molecule has 1 aliphatic rings. The van der Waals surface area contributed by atoms with Crippen molar-refractivity contribution >= 4 is 40.7 Å². The number of rotatable bonds is 16. The summed E-state index contributed by atoms with van der Waals surface area (Å²) >= 11 is 1.01. The highest BCUT2D eigenvalue weighted by Crippen LogP contribution is 2.36. The second kappa shape index (κ2) is 19.6. The lowest BCUT2D eigenvalue weighted by Crippen LogP contribution is -2.42. The average Bonchev–Trinajstić information content (AvgIpc) is 3.19. The normalized spacial score (nSPS) is 14.0. The van der Waals surface area contributed by atoms with Crippen LogP contribution in [0.15, 0.2) is 163 Å². The van der Waals surface area contributed by atoms with Crippen LogP contribution in [0.25, 0.3) is 6.08 Å². The molecule has 1 heterocycles. The molecule has 5 rings (SSSR count). The van der Waals surface area contributed by atoms with Gasteiger partial charge in [-0.15, -0.1) is 6.58 Å². The second-order valence-electron chi connectivity index (χ2n) is 12.0. The molecule has 0 radical (unpaired) electrons. The Morgan fingerprint density at radius 3 is 2.17 bits per heavy atom. The summed E-state index contributed by atoms with van der Waals surface area (Å²) in [6.45, 7) is 12.0. The molecule has 0 spiro atoms. The van der Waals surface area contributed by atoms with Gasteiger partial charge in [-0.05, 0) is 66.8 Å². The monoisotopic (exact) mass is 737 g/mol. The fourth-order valence-corrected chi connectivity index (χ4v) is 6.60. The fraction of sp³-hybridized carbons (Fsp3) is 0.156. The average molecular weight is 738 g/mol. The first-order valence-electron chi connectivity index (χ1n) is 17.6. The molecule has 0 fully saturated rings. The summed E-state index contributed by atoms with van der Waals surface area (Å²) in [5.74, 6) is -0.655. The molecule has 8 nitrogen and oxygen atoms in total. The van der Waals surface area contributed by atoms with E-state index in [0.29, 0.717) is 42.4 Å². The molecule has 0 unspecified atom stereocenters. The SMILES string of the molecule is C=C/C=C\C(=C/C)N1C(=O)/C(=C/c2cc(CC=C)c(OCc3ccccc3)c(OCC)c2)C(=O)N=C1SCC(=O)NC(c1ccccc1)c1ccccc1. The molecular formula is C45H43N3O5S. The van der Waals surface area contributed by atoms with Gasteiger partial charge in [0.1, 0.15) is 12.2 Å². The number of thioether (sulfide) groups is 1. The van der Waals surface area contributed by atoms with E-state index >= 15 is 0 Å². The van der Waals surface area contributed by atoms with Crippen molar-refractivity contribution in [2.75, 3.05) is 12.4 Å². The Balaban J connectivity index is 1.46. The molecule has 0 bridgehead atoms. The van der Waals surface area contributed by atoms with E-state index in [-0.39, 0.29) is 22.4 Å². The van der Waals surface area contributed by atoms with Gasteiger partial charge in [0.15, 0.2) is 16.7 Å². The van der Waals surface area contributed by atoms with Crippen molar-refractivity contribution in [3.63, 3.8) is 0 Å². The molecule has 4 aromatic rings. The summed E-state index contributed by atoms with van der Waals surface area (Å²) in [7, 11) is 0. The number of benzene rings is 4. The van der Waals surface area contributed by atoms with Crippen LogP contribution in [0.5, 0.6) is 11.5 Å². The zero-order valence-corrected chi connectivity index (χ0v) is 31.3. The number of ether oxygens (including phenoxy) is 2. The summed E-state index contributed by atoms with van der Waals surface area (Å²) in [5, 5.41) is 3.20. The van der Waals surface area contributed by atoms with Gasteiger partial charge in [0.05, 0.1) is 18.4 Å². The number of hydrogen-bond donors (Lipinski definition) is 1. The van der Waals surface area contributed by atoms with E-state index in [9.17, 15) is 14.4 Å². The van der Waals surface area contributed by atoms with E-state index in [2.05, 4.69) is 23.5 Å². The number of allylic oxidation sites excluding steroid dienone is 5. The molecule has 9 heteroatoms. The second-order valence-corrected chi connectivity index (χ2v) is 13.0. The van der Waals surface area contributed by atoms with Crippen LogP contribution in [-0.2, 0) is 27.4 Å². The molecule has 0 atom stereocenters. The van der Waals surface area contributed by atoms with Crippen molar-refractivity contribution in [3.8, 4) is 11.5 Å². The van der Waals surface area contributed by atoms with E-state index in [1.54, 1.807) is 43.4 Å². The van der Waals surface area contributed by atoms with Crippen LogP contribution in [0.2, 0.25) is 0 Å². The smallest absolute Gasteiger partial charge is 0.285 e. The minimum absolute atomic E-state index is 0.0853. The Morgan fingerprint density at radius 2 is 1.57 bits per heavy atom. The first kappa shape index (κ1) is 39.0. The highest BCUT2D eigenvalue weighted by Gasteiger charge is 2.35. The summed E-state index contributed by atoms with van der Waals surface area (Å²) in [6.07, 6.45) is 10.4. The minimum atomic E-state index is -0.721. The van der Waals surface area contributed by atoms with Gasteiger partial charge in [0.2, 0.25) is 5.91 Å². The lowest BCUT2D eigenvalue weighted by Gasteiger charge is -2.28. The third-order valence-electron chi connectivity index (χ3n) is 8.27. The van der Waals surface area contributed by atoms with Gasteiger partial charge in [-0.2, -0.15) is 4.99 Å². The maximum absolute atomic E-state index is 14.3. The van der Waals surface area contributed by atoms with Crippen LogP contribution >= 0.6 is 11.8 Å². The highest BCUT2D eigenvalue weighted by molar-refractivity contribution is 8.14. The van der Waals surface area contributed by atoms with E-state index in [1.165, 1.54) is 11.0 Å². The molecule has 0 aliphatic carbocycles. The Morgan fingerprint density at radius 1 is 0.926 bits per heavy atom. The first-order chi connectivity index (χ1) is 26.4. The quantitative estimate of drug-likeness (QED) is 0.0535. The van der Waals surface area contributed by atoms with Gasteiger partial charge in [0, 0.05) is 11.3 Å². The van der Waals surface area contributed by atoms with E-state index in [1.807, 2.05) is 104 Å². The van der Waals surface area contributed by atoms with Crippen molar-refractivity contribution in [1.82, 2.24) is 10.2 Å². The van der Waals surface area contributed by atoms with Gasteiger partial charge in [-0.3, -0.25) is 19.3 Å². The molecule has 1 aliphatic heterocycles. The first-order valence-corrected chi connectivity index (χ1v) is 18.6. The minimum Gasteiger partial charge on any atom is -0.490 e. The zero-order chi connectivity index (χ0) is 38.3.